The molecule has 0 bridgehead atoms. The molecule has 1 aliphatic rings. The fourth-order valence-corrected chi connectivity index (χ4v) is 4.04. The second-order valence-electron chi connectivity index (χ2n) is 7.60. The lowest BCUT2D eigenvalue weighted by Crippen LogP contribution is -2.31. The van der Waals surface area contributed by atoms with E-state index in [0.29, 0.717) is 11.5 Å². The number of nitrogens with zero attached hydrogens (tertiary/aromatic N) is 5. The molecule has 10 nitrogen and oxygen atoms in total. The van der Waals surface area contributed by atoms with Crippen LogP contribution in [0.4, 0.5) is 17.3 Å². The lowest BCUT2D eigenvalue weighted by Gasteiger charge is -2.16. The van der Waals surface area contributed by atoms with E-state index in [4.69, 9.17) is 0 Å². The van der Waals surface area contributed by atoms with Crippen LogP contribution in [-0.2, 0) is 16.1 Å². The lowest BCUT2D eigenvalue weighted by atomic mass is 10.1. The van der Waals surface area contributed by atoms with Crippen molar-refractivity contribution >= 4 is 40.2 Å². The molecule has 0 radical (unpaired) electrons. The van der Waals surface area contributed by atoms with Gasteiger partial charge in [-0.25, -0.2) is 4.98 Å². The number of aromatic nitrogens is 3. The quantitative estimate of drug-likeness (QED) is 0.360. The molecule has 1 aliphatic heterocycles. The van der Waals surface area contributed by atoms with Crippen molar-refractivity contribution in [2.75, 3.05) is 10.2 Å². The summed E-state index contributed by atoms with van der Waals surface area (Å²) in [4.78, 5) is 47.2. The third-order valence-electron chi connectivity index (χ3n) is 5.50. The second-order valence-corrected chi connectivity index (χ2v) is 7.60. The maximum atomic E-state index is 13.4. The highest BCUT2D eigenvalue weighted by molar-refractivity contribution is 6.05. The predicted octanol–water partition coefficient (Wildman–Crippen LogP) is 3.46. The molecule has 33 heavy (non-hydrogen) atoms. The summed E-state index contributed by atoms with van der Waals surface area (Å²) in [5.74, 6) is -0.326. The van der Waals surface area contributed by atoms with Crippen LogP contribution in [0.15, 0.2) is 73.1 Å². The number of rotatable bonds is 6. The molecule has 164 valence electrons. The van der Waals surface area contributed by atoms with Crippen molar-refractivity contribution in [3.63, 3.8) is 0 Å². The van der Waals surface area contributed by atoms with E-state index in [1.165, 1.54) is 18.2 Å². The first kappa shape index (κ1) is 20.3. The molecule has 0 aliphatic carbocycles. The zero-order valence-corrected chi connectivity index (χ0v) is 17.3. The minimum absolute atomic E-state index is 0.0841. The predicted molar refractivity (Wildman–Crippen MR) is 121 cm³/mol. The highest BCUT2D eigenvalue weighted by Crippen LogP contribution is 2.37. The number of nitro benzene ring substituents is 1. The zero-order chi connectivity index (χ0) is 22.9. The van der Waals surface area contributed by atoms with Gasteiger partial charge in [0.1, 0.15) is 11.7 Å². The van der Waals surface area contributed by atoms with Crippen molar-refractivity contribution in [1.82, 2.24) is 14.5 Å². The molecule has 0 saturated carbocycles. The smallest absolute Gasteiger partial charge is 0.292 e. The molecule has 3 heterocycles. The maximum Gasteiger partial charge on any atom is 0.292 e. The monoisotopic (exact) mass is 442 g/mol. The first-order chi connectivity index (χ1) is 16.0. The van der Waals surface area contributed by atoms with Gasteiger partial charge in [-0.2, -0.15) is 0 Å². The number of nitrogens with one attached hydrogen (secondary N) is 1. The van der Waals surface area contributed by atoms with Crippen molar-refractivity contribution in [3.8, 4) is 0 Å². The summed E-state index contributed by atoms with van der Waals surface area (Å²) in [6.45, 7) is 0.262. The van der Waals surface area contributed by atoms with Crippen LogP contribution in [0.2, 0.25) is 0 Å². The Hall–Kier alpha value is -4.60. The number of hydrogen-bond donors (Lipinski definition) is 1. The number of carbonyl (C=O) groups excluding carboxylic acids is 2. The Morgan fingerprint density at radius 2 is 1.88 bits per heavy atom. The molecule has 10 heteroatoms. The molecule has 4 aromatic rings. The van der Waals surface area contributed by atoms with Gasteiger partial charge in [-0.1, -0.05) is 30.3 Å². The average molecular weight is 442 g/mol. The van der Waals surface area contributed by atoms with Gasteiger partial charge in [0.25, 0.3) is 11.6 Å². The molecule has 0 unspecified atom stereocenters. The van der Waals surface area contributed by atoms with Crippen molar-refractivity contribution in [3.05, 3.63) is 88.7 Å². The van der Waals surface area contributed by atoms with Gasteiger partial charge >= 0.3 is 0 Å². The third kappa shape index (κ3) is 3.67. The van der Waals surface area contributed by atoms with Crippen LogP contribution in [-0.4, -0.2) is 31.3 Å². The molecule has 0 saturated heterocycles. The van der Waals surface area contributed by atoms with Crippen molar-refractivity contribution in [1.29, 1.82) is 0 Å². The van der Waals surface area contributed by atoms with Crippen LogP contribution in [0, 0.1) is 10.1 Å². The zero-order valence-electron chi connectivity index (χ0n) is 17.3. The third-order valence-corrected chi connectivity index (χ3v) is 5.50. The summed E-state index contributed by atoms with van der Waals surface area (Å²) >= 11 is 0. The van der Waals surface area contributed by atoms with E-state index in [9.17, 15) is 19.7 Å². The molecular formula is C23H18N6O4. The number of amides is 2. The number of fused-ring (bicyclic) bond motifs is 3. The van der Waals surface area contributed by atoms with Crippen LogP contribution in [0.5, 0.6) is 0 Å². The second kappa shape index (κ2) is 8.15. The maximum absolute atomic E-state index is 13.4. The van der Waals surface area contributed by atoms with Gasteiger partial charge in [-0.15, -0.1) is 0 Å². The number of hydrogen-bond acceptors (Lipinski definition) is 6. The van der Waals surface area contributed by atoms with Crippen LogP contribution in [0.25, 0.3) is 11.0 Å². The average Bonchev–Trinajstić information content (AvgIpc) is 3.31. The minimum atomic E-state index is -0.827. The lowest BCUT2D eigenvalue weighted by molar-refractivity contribution is -0.383. The van der Waals surface area contributed by atoms with Crippen LogP contribution in [0.3, 0.4) is 0 Å². The molecule has 0 fully saturated rings. The van der Waals surface area contributed by atoms with Gasteiger partial charge in [-0.05, 0) is 29.8 Å². The van der Waals surface area contributed by atoms with Crippen LogP contribution in [0.1, 0.15) is 18.0 Å². The topological polar surface area (TPSA) is 123 Å². The van der Waals surface area contributed by atoms with Crippen molar-refractivity contribution in [2.45, 2.75) is 19.0 Å². The molecule has 1 N–H and O–H groups in total. The van der Waals surface area contributed by atoms with Crippen molar-refractivity contribution in [2.24, 2.45) is 0 Å². The largest absolute Gasteiger partial charge is 0.320 e. The molecule has 0 spiro atoms. The summed E-state index contributed by atoms with van der Waals surface area (Å²) in [7, 11) is 0. The Bertz CT molecular complexity index is 1380. The number of nitro groups is 1. The highest BCUT2D eigenvalue weighted by Gasteiger charge is 2.41. The summed E-state index contributed by atoms with van der Waals surface area (Å²) in [6, 6.07) is 16.1. The van der Waals surface area contributed by atoms with Gasteiger partial charge < -0.3 is 5.32 Å². The molecule has 2 aromatic carbocycles. The first-order valence-electron chi connectivity index (χ1n) is 10.2. The van der Waals surface area contributed by atoms with Gasteiger partial charge in [0.05, 0.1) is 28.9 Å². The molecular weight excluding hydrogens is 424 g/mol. The highest BCUT2D eigenvalue weighted by atomic mass is 16.6. The normalized spacial score (nSPS) is 15.0. The Balaban J connectivity index is 1.47. The van der Waals surface area contributed by atoms with E-state index in [1.807, 2.05) is 30.3 Å². The van der Waals surface area contributed by atoms with E-state index in [2.05, 4.69) is 15.3 Å². The van der Waals surface area contributed by atoms with E-state index in [1.54, 1.807) is 34.0 Å². The van der Waals surface area contributed by atoms with Gasteiger partial charge in [-0.3, -0.25) is 34.2 Å². The summed E-state index contributed by atoms with van der Waals surface area (Å²) < 4.78 is 1.76. The Morgan fingerprint density at radius 3 is 2.67 bits per heavy atom. The standard InChI is InChI=1S/C23H18N6O4/c30-21(25-17-8-2-4-10-19(17)29(32)33)12-20-22(31)27(14-15-6-5-11-24-13-15)23-26-16-7-1-3-9-18(16)28(20)23/h1-11,13,20H,12,14H2,(H,25,30)/t20-/m1/s1. The first-order valence-corrected chi connectivity index (χ1v) is 10.2. The van der Waals surface area contributed by atoms with E-state index in [-0.39, 0.29) is 30.2 Å². The molecule has 2 aromatic heterocycles. The number of carbonyl (C=O) groups is 2. The Kier molecular flexibility index (Phi) is 5.02. The number of imidazole rings is 1. The molecule has 5 rings (SSSR count). The number of benzene rings is 2. The Labute approximate surface area is 187 Å². The van der Waals surface area contributed by atoms with Crippen LogP contribution >= 0.6 is 0 Å². The van der Waals surface area contributed by atoms with E-state index < -0.39 is 16.9 Å². The number of anilines is 2. The van der Waals surface area contributed by atoms with Gasteiger partial charge in [0.2, 0.25) is 11.9 Å². The van der Waals surface area contributed by atoms with Gasteiger partial charge in [0.15, 0.2) is 0 Å². The summed E-state index contributed by atoms with van der Waals surface area (Å²) in [5.41, 5.74) is 2.14. The number of pyridine rings is 1. The summed E-state index contributed by atoms with van der Waals surface area (Å²) in [6.07, 6.45) is 3.14. The fourth-order valence-electron chi connectivity index (χ4n) is 4.04. The van der Waals surface area contributed by atoms with Crippen LogP contribution < -0.4 is 10.2 Å². The Morgan fingerprint density at radius 1 is 1.09 bits per heavy atom. The SMILES string of the molecule is O=C(C[C@@H]1C(=O)N(Cc2cccnc2)c2nc3ccccc3n21)Nc1ccccc1[N+](=O)[O-]. The fraction of sp³-hybridized carbons (Fsp3) is 0.130. The molecule has 2 amide bonds. The number of para-hydroxylation sites is 4. The van der Waals surface area contributed by atoms with E-state index >= 15 is 0 Å². The van der Waals surface area contributed by atoms with Gasteiger partial charge in [0, 0.05) is 18.5 Å². The van der Waals surface area contributed by atoms with E-state index in [0.717, 1.165) is 11.1 Å². The van der Waals surface area contributed by atoms with Crippen molar-refractivity contribution < 1.29 is 14.5 Å². The minimum Gasteiger partial charge on any atom is -0.320 e. The summed E-state index contributed by atoms with van der Waals surface area (Å²) in [5, 5.41) is 13.8. The molecule has 1 atom stereocenters.